The van der Waals surface area contributed by atoms with Crippen molar-refractivity contribution in [1.29, 1.82) is 5.26 Å². The molecule has 0 spiro atoms. The first kappa shape index (κ1) is 38.0. The van der Waals surface area contributed by atoms with Crippen LogP contribution in [-0.2, 0) is 9.59 Å². The van der Waals surface area contributed by atoms with E-state index in [-0.39, 0.29) is 30.9 Å². The standard InChI is InChI=1S/C42H44ClN9O6/c43-34-16-31(5-1-24(34)17-44)58-30-6-2-27(3-7-30)47-39(54)35-18-46-37(19-45-35)51-22-25-20-50(21-26(25)23-51)28-11-13-49(14-12-28)29-4-8-32-33(15-29)42(57)52(41(32)56)36-9-10-38(53)48-40(36)55/h1,4-5,8,15-16,18-19,25-28,30,36H,2-3,6-7,9-14,20-23H2,(H,47,54)(H,48,53,55). The monoisotopic (exact) mass is 805 g/mol. The number of ether oxygens (including phenoxy) is 1. The lowest BCUT2D eigenvalue weighted by Crippen LogP contribution is -2.54. The molecule has 0 bridgehead atoms. The van der Waals surface area contributed by atoms with Gasteiger partial charge in [0.1, 0.15) is 29.4 Å². The van der Waals surface area contributed by atoms with Gasteiger partial charge in [0.15, 0.2) is 0 Å². The van der Waals surface area contributed by atoms with E-state index in [4.69, 9.17) is 21.6 Å². The summed E-state index contributed by atoms with van der Waals surface area (Å²) in [4.78, 5) is 81.0. The molecule has 15 nitrogen and oxygen atoms in total. The van der Waals surface area contributed by atoms with E-state index in [1.165, 1.54) is 0 Å². The fourth-order valence-corrected chi connectivity index (χ4v) is 9.91. The van der Waals surface area contributed by atoms with Gasteiger partial charge in [-0.3, -0.25) is 39.1 Å². The fourth-order valence-electron chi connectivity index (χ4n) is 9.70. The van der Waals surface area contributed by atoms with E-state index in [0.717, 1.165) is 94.2 Å². The van der Waals surface area contributed by atoms with Gasteiger partial charge in [-0.25, -0.2) is 9.97 Å². The molecule has 3 atom stereocenters. The van der Waals surface area contributed by atoms with Crippen molar-refractivity contribution in [2.24, 2.45) is 11.8 Å². The molecule has 5 amide bonds. The van der Waals surface area contributed by atoms with E-state index in [1.54, 1.807) is 42.7 Å². The second kappa shape index (κ2) is 15.6. The van der Waals surface area contributed by atoms with Crippen LogP contribution in [0, 0.1) is 23.2 Å². The molecule has 6 aliphatic rings. The Labute approximate surface area is 340 Å². The number of carbonyl (C=O) groups excluding carboxylic acids is 5. The number of imide groups is 2. The molecule has 300 valence electrons. The normalized spacial score (nSPS) is 26.3. The largest absolute Gasteiger partial charge is 0.490 e. The highest BCUT2D eigenvalue weighted by Gasteiger charge is 2.46. The lowest BCUT2D eigenvalue weighted by Gasteiger charge is -2.38. The van der Waals surface area contributed by atoms with Crippen molar-refractivity contribution in [3.63, 3.8) is 0 Å². The van der Waals surface area contributed by atoms with Crippen LogP contribution in [0.2, 0.25) is 5.02 Å². The molecule has 1 aliphatic carbocycles. The van der Waals surface area contributed by atoms with Crippen molar-refractivity contribution in [2.75, 3.05) is 49.1 Å². The Hall–Kier alpha value is -5.59. The Balaban J connectivity index is 0.718. The quantitative estimate of drug-likeness (QED) is 0.317. The van der Waals surface area contributed by atoms with Crippen molar-refractivity contribution in [3.05, 3.63) is 76.2 Å². The second-order valence-corrected chi connectivity index (χ2v) is 16.8. The molecule has 1 saturated carbocycles. The van der Waals surface area contributed by atoms with Crippen LogP contribution in [-0.4, -0.2) is 113 Å². The topological polar surface area (TPSA) is 181 Å². The molecule has 1 aromatic heterocycles. The maximum absolute atomic E-state index is 13.4. The highest BCUT2D eigenvalue weighted by molar-refractivity contribution is 6.31. The number of benzene rings is 2. The van der Waals surface area contributed by atoms with Gasteiger partial charge in [-0.1, -0.05) is 11.6 Å². The minimum absolute atomic E-state index is 0.0190. The molecule has 6 heterocycles. The molecule has 2 N–H and O–H groups in total. The van der Waals surface area contributed by atoms with Crippen LogP contribution in [0.4, 0.5) is 11.5 Å². The number of aromatic nitrogens is 2. The molecular weight excluding hydrogens is 762 g/mol. The third kappa shape index (κ3) is 7.35. The van der Waals surface area contributed by atoms with Gasteiger partial charge in [0, 0.05) is 69.5 Å². The number of piperidine rings is 2. The minimum atomic E-state index is -0.975. The second-order valence-electron chi connectivity index (χ2n) is 16.4. The van der Waals surface area contributed by atoms with E-state index < -0.39 is 29.7 Å². The van der Waals surface area contributed by atoms with Crippen LogP contribution < -0.4 is 25.2 Å². The SMILES string of the molecule is N#Cc1ccc(OC2CCC(NC(=O)c3cnc(N4CC5CN(C6CCN(c7ccc8c(c7)C(=O)N(C7CCC(=O)NC7=O)C8=O)CC6)CC5C4)cn3)CC2)cc1Cl. The molecule has 2 aromatic carbocycles. The van der Waals surface area contributed by atoms with E-state index in [1.807, 2.05) is 6.07 Å². The fraction of sp³-hybridized carbons (Fsp3) is 0.476. The minimum Gasteiger partial charge on any atom is -0.490 e. The van der Waals surface area contributed by atoms with Crippen LogP contribution >= 0.6 is 11.6 Å². The maximum atomic E-state index is 13.4. The summed E-state index contributed by atoms with van der Waals surface area (Å²) < 4.78 is 6.09. The Morgan fingerprint density at radius 3 is 2.26 bits per heavy atom. The number of likely N-dealkylation sites (tertiary alicyclic amines) is 1. The number of halogens is 1. The summed E-state index contributed by atoms with van der Waals surface area (Å²) in [5.41, 5.74) is 2.22. The molecule has 0 radical (unpaired) electrons. The zero-order valence-electron chi connectivity index (χ0n) is 31.9. The number of hydrogen-bond donors (Lipinski definition) is 2. The Bertz CT molecular complexity index is 2180. The number of carbonyl (C=O) groups is 5. The number of anilines is 2. The predicted molar refractivity (Wildman–Crippen MR) is 211 cm³/mol. The van der Waals surface area contributed by atoms with Crippen molar-refractivity contribution < 1.29 is 28.7 Å². The van der Waals surface area contributed by atoms with Crippen LogP contribution in [0.15, 0.2) is 48.8 Å². The van der Waals surface area contributed by atoms with Crippen LogP contribution in [0.5, 0.6) is 5.75 Å². The van der Waals surface area contributed by atoms with Gasteiger partial charge in [0.05, 0.1) is 40.2 Å². The van der Waals surface area contributed by atoms with E-state index in [9.17, 15) is 24.0 Å². The number of hydrogen-bond acceptors (Lipinski definition) is 12. The average Bonchev–Trinajstić information content (AvgIpc) is 3.89. The third-order valence-corrected chi connectivity index (χ3v) is 13.2. The van der Waals surface area contributed by atoms with Crippen molar-refractivity contribution in [3.8, 4) is 11.8 Å². The summed E-state index contributed by atoms with van der Waals surface area (Å²) in [6, 6.07) is 12.0. The third-order valence-electron chi connectivity index (χ3n) is 12.9. The number of nitriles is 1. The van der Waals surface area contributed by atoms with E-state index in [2.05, 4.69) is 41.4 Å². The molecule has 3 unspecified atom stereocenters. The summed E-state index contributed by atoms with van der Waals surface area (Å²) in [5, 5.41) is 14.8. The Kier molecular flexibility index (Phi) is 10.2. The summed E-state index contributed by atoms with van der Waals surface area (Å²) in [7, 11) is 0. The maximum Gasteiger partial charge on any atom is 0.271 e. The van der Waals surface area contributed by atoms with Gasteiger partial charge in [0.25, 0.3) is 17.7 Å². The summed E-state index contributed by atoms with van der Waals surface area (Å²) in [6.07, 6.45) is 8.67. The number of fused-ring (bicyclic) bond motifs is 2. The van der Waals surface area contributed by atoms with Gasteiger partial charge in [-0.15, -0.1) is 0 Å². The molecule has 4 saturated heterocycles. The zero-order chi connectivity index (χ0) is 40.1. The highest BCUT2D eigenvalue weighted by atomic mass is 35.5. The summed E-state index contributed by atoms with van der Waals surface area (Å²) in [5.74, 6) is 0.296. The van der Waals surface area contributed by atoms with E-state index in [0.29, 0.717) is 51.0 Å². The zero-order valence-corrected chi connectivity index (χ0v) is 32.7. The van der Waals surface area contributed by atoms with Crippen molar-refractivity contribution >= 4 is 52.6 Å². The molecule has 5 aliphatic heterocycles. The van der Waals surface area contributed by atoms with Gasteiger partial charge < -0.3 is 19.9 Å². The first-order valence-electron chi connectivity index (χ1n) is 20.2. The molecular formula is C42H44ClN9O6. The number of rotatable bonds is 8. The van der Waals surface area contributed by atoms with Gasteiger partial charge >= 0.3 is 0 Å². The summed E-state index contributed by atoms with van der Waals surface area (Å²) in [6.45, 7) is 5.53. The molecule has 9 rings (SSSR count). The average molecular weight is 806 g/mol. The highest BCUT2D eigenvalue weighted by Crippen LogP contribution is 2.37. The van der Waals surface area contributed by atoms with E-state index >= 15 is 0 Å². The first-order valence-corrected chi connectivity index (χ1v) is 20.6. The Morgan fingerprint density at radius 1 is 0.845 bits per heavy atom. The molecule has 16 heteroatoms. The van der Waals surface area contributed by atoms with Gasteiger partial charge in [0.2, 0.25) is 11.8 Å². The van der Waals surface area contributed by atoms with Crippen LogP contribution in [0.25, 0.3) is 0 Å². The number of nitrogens with zero attached hydrogens (tertiary/aromatic N) is 7. The van der Waals surface area contributed by atoms with Gasteiger partial charge in [-0.05, 0) is 87.1 Å². The van der Waals surface area contributed by atoms with Crippen molar-refractivity contribution in [2.45, 2.75) is 75.6 Å². The summed E-state index contributed by atoms with van der Waals surface area (Å²) >= 11 is 6.15. The molecule has 58 heavy (non-hydrogen) atoms. The lowest BCUT2D eigenvalue weighted by atomic mass is 9.93. The van der Waals surface area contributed by atoms with Crippen molar-refractivity contribution in [1.82, 2.24) is 30.4 Å². The Morgan fingerprint density at radius 2 is 1.59 bits per heavy atom. The lowest BCUT2D eigenvalue weighted by molar-refractivity contribution is -0.136. The first-order chi connectivity index (χ1) is 28.1. The number of amides is 5. The van der Waals surface area contributed by atoms with Crippen LogP contribution in [0.3, 0.4) is 0 Å². The predicted octanol–water partition coefficient (Wildman–Crippen LogP) is 3.56. The molecule has 5 fully saturated rings. The smallest absolute Gasteiger partial charge is 0.271 e. The number of nitrogens with one attached hydrogen (secondary N) is 2. The van der Waals surface area contributed by atoms with Gasteiger partial charge in [-0.2, -0.15) is 5.26 Å². The molecule has 3 aromatic rings. The van der Waals surface area contributed by atoms with Crippen LogP contribution in [0.1, 0.15) is 88.1 Å².